The van der Waals surface area contributed by atoms with Crippen LogP contribution in [0.3, 0.4) is 0 Å². The summed E-state index contributed by atoms with van der Waals surface area (Å²) in [6.45, 7) is 12.2. The van der Waals surface area contributed by atoms with Crippen LogP contribution in [-0.2, 0) is 6.42 Å². The Hall–Kier alpha value is -0.960. The predicted octanol–water partition coefficient (Wildman–Crippen LogP) is 3.17. The van der Waals surface area contributed by atoms with Crippen LogP contribution < -0.4 is 5.32 Å². The van der Waals surface area contributed by atoms with Gasteiger partial charge in [0.1, 0.15) is 6.33 Å². The lowest BCUT2D eigenvalue weighted by molar-refractivity contribution is 0.370. The Morgan fingerprint density at radius 2 is 1.89 bits per heavy atom. The third-order valence-electron chi connectivity index (χ3n) is 3.42. The van der Waals surface area contributed by atoms with Crippen molar-refractivity contribution < 1.29 is 0 Å². The number of aromatic nitrogens is 2. The topological polar surface area (TPSA) is 37.8 Å². The second kappa shape index (κ2) is 7.47. The zero-order valence-electron chi connectivity index (χ0n) is 12.4. The minimum Gasteiger partial charge on any atom is -0.314 e. The summed E-state index contributed by atoms with van der Waals surface area (Å²) in [5, 5.41) is 3.59. The molecule has 18 heavy (non-hydrogen) atoms. The number of aryl methyl sites for hydroxylation is 1. The van der Waals surface area contributed by atoms with Crippen LogP contribution in [0.1, 0.15) is 58.3 Å². The maximum absolute atomic E-state index is 4.49. The number of hydrogen-bond donors (Lipinski definition) is 1. The molecule has 0 aliphatic carbocycles. The van der Waals surface area contributed by atoms with E-state index in [1.54, 1.807) is 6.33 Å². The third kappa shape index (κ3) is 4.05. The molecule has 0 aliphatic heterocycles. The van der Waals surface area contributed by atoms with Crippen molar-refractivity contribution in [3.63, 3.8) is 0 Å². The van der Waals surface area contributed by atoms with Gasteiger partial charge in [0.15, 0.2) is 0 Å². The van der Waals surface area contributed by atoms with Gasteiger partial charge in [-0.25, -0.2) is 9.97 Å². The van der Waals surface area contributed by atoms with Crippen LogP contribution in [-0.4, -0.2) is 22.6 Å². The summed E-state index contributed by atoms with van der Waals surface area (Å²) < 4.78 is 0. The van der Waals surface area contributed by atoms with Crippen molar-refractivity contribution in [1.29, 1.82) is 0 Å². The van der Waals surface area contributed by atoms with E-state index in [0.717, 1.165) is 18.7 Å². The van der Waals surface area contributed by atoms with E-state index in [0.29, 0.717) is 17.9 Å². The highest BCUT2D eigenvalue weighted by atomic mass is 14.9. The van der Waals surface area contributed by atoms with E-state index in [1.807, 2.05) is 0 Å². The molecular weight excluding hydrogens is 222 g/mol. The smallest absolute Gasteiger partial charge is 0.115 e. The molecule has 0 amide bonds. The van der Waals surface area contributed by atoms with Crippen molar-refractivity contribution in [3.8, 4) is 0 Å². The summed E-state index contributed by atoms with van der Waals surface area (Å²) in [5.74, 6) is 1.02. The first-order chi connectivity index (χ1) is 8.60. The molecule has 1 rings (SSSR count). The lowest BCUT2D eigenvalue weighted by atomic mass is 9.86. The summed E-state index contributed by atoms with van der Waals surface area (Å²) in [5.41, 5.74) is 2.31. The summed E-state index contributed by atoms with van der Waals surface area (Å²) in [6.07, 6.45) is 3.84. The Kier molecular flexibility index (Phi) is 6.27. The zero-order valence-corrected chi connectivity index (χ0v) is 12.4. The molecule has 1 aromatic heterocycles. The predicted molar refractivity (Wildman–Crippen MR) is 76.7 cm³/mol. The van der Waals surface area contributed by atoms with Gasteiger partial charge in [-0.05, 0) is 38.3 Å². The van der Waals surface area contributed by atoms with Crippen LogP contribution in [0.5, 0.6) is 0 Å². The van der Waals surface area contributed by atoms with Crippen LogP contribution in [0.4, 0.5) is 0 Å². The van der Waals surface area contributed by atoms with Gasteiger partial charge in [0.25, 0.3) is 0 Å². The largest absolute Gasteiger partial charge is 0.314 e. The van der Waals surface area contributed by atoms with Crippen molar-refractivity contribution in [2.24, 2.45) is 5.92 Å². The van der Waals surface area contributed by atoms with Crippen LogP contribution in [0.25, 0.3) is 0 Å². The number of nitrogens with one attached hydrogen (secondary N) is 1. The van der Waals surface area contributed by atoms with E-state index in [-0.39, 0.29) is 0 Å². The number of hydrogen-bond acceptors (Lipinski definition) is 3. The van der Waals surface area contributed by atoms with Crippen LogP contribution in [0.15, 0.2) is 12.4 Å². The molecule has 1 N–H and O–H groups in total. The molecule has 3 nitrogen and oxygen atoms in total. The fraction of sp³-hybridized carbons (Fsp3) is 0.733. The fourth-order valence-electron chi connectivity index (χ4n) is 2.46. The second-order valence-electron chi connectivity index (χ2n) is 5.30. The van der Waals surface area contributed by atoms with Gasteiger partial charge in [0.2, 0.25) is 0 Å². The van der Waals surface area contributed by atoms with Gasteiger partial charge in [-0.15, -0.1) is 0 Å². The van der Waals surface area contributed by atoms with Crippen molar-refractivity contribution >= 4 is 0 Å². The summed E-state index contributed by atoms with van der Waals surface area (Å²) in [7, 11) is 0. The first kappa shape index (κ1) is 15.1. The Morgan fingerprint density at radius 1 is 1.17 bits per heavy atom. The summed E-state index contributed by atoms with van der Waals surface area (Å²) in [6, 6.07) is 2.61. The van der Waals surface area contributed by atoms with Gasteiger partial charge >= 0.3 is 0 Å². The third-order valence-corrected chi connectivity index (χ3v) is 3.42. The molecule has 102 valence electrons. The maximum Gasteiger partial charge on any atom is 0.115 e. The molecular formula is C15H27N3. The highest BCUT2D eigenvalue weighted by molar-refractivity contribution is 5.15. The maximum atomic E-state index is 4.49. The van der Waals surface area contributed by atoms with Gasteiger partial charge in [0, 0.05) is 23.3 Å². The molecule has 0 spiro atoms. The standard InChI is InChI=1S/C15H27N3/c1-6-8-16-12(5)15(11(3)4)14-9-13(7-2)17-10-18-14/h9-12,15-16H,6-8H2,1-5H3. The van der Waals surface area contributed by atoms with E-state index in [2.05, 4.69) is 56.0 Å². The molecule has 2 atom stereocenters. The SMILES string of the molecule is CCCNC(C)C(c1cc(CC)ncn1)C(C)C. The first-order valence-corrected chi connectivity index (χ1v) is 7.14. The molecule has 0 aromatic carbocycles. The van der Waals surface area contributed by atoms with Gasteiger partial charge in [-0.2, -0.15) is 0 Å². The Labute approximate surface area is 111 Å². The van der Waals surface area contributed by atoms with Crippen molar-refractivity contribution in [3.05, 3.63) is 23.8 Å². The molecule has 0 aliphatic rings. The van der Waals surface area contributed by atoms with Gasteiger partial charge in [0.05, 0.1) is 0 Å². The molecule has 1 heterocycles. The average molecular weight is 249 g/mol. The molecule has 0 saturated carbocycles. The molecule has 1 aromatic rings. The minimum atomic E-state index is 0.449. The Balaban J connectivity index is 2.89. The lowest BCUT2D eigenvalue weighted by Crippen LogP contribution is -2.35. The quantitative estimate of drug-likeness (QED) is 0.806. The molecule has 0 saturated heterocycles. The Bertz CT molecular complexity index is 349. The number of rotatable bonds is 7. The molecule has 0 bridgehead atoms. The van der Waals surface area contributed by atoms with Crippen molar-refractivity contribution in [1.82, 2.24) is 15.3 Å². The average Bonchev–Trinajstić information content (AvgIpc) is 2.36. The van der Waals surface area contributed by atoms with Crippen molar-refractivity contribution in [2.75, 3.05) is 6.54 Å². The summed E-state index contributed by atoms with van der Waals surface area (Å²) >= 11 is 0. The van der Waals surface area contributed by atoms with Gasteiger partial charge in [-0.1, -0.05) is 27.7 Å². The minimum absolute atomic E-state index is 0.449. The highest BCUT2D eigenvalue weighted by Gasteiger charge is 2.23. The van der Waals surface area contributed by atoms with E-state index >= 15 is 0 Å². The van der Waals surface area contributed by atoms with E-state index < -0.39 is 0 Å². The normalized spacial score (nSPS) is 14.8. The van der Waals surface area contributed by atoms with Gasteiger partial charge < -0.3 is 5.32 Å². The van der Waals surface area contributed by atoms with Crippen molar-refractivity contribution in [2.45, 2.75) is 59.4 Å². The monoisotopic (exact) mass is 249 g/mol. The van der Waals surface area contributed by atoms with E-state index in [4.69, 9.17) is 0 Å². The zero-order chi connectivity index (χ0) is 13.5. The lowest BCUT2D eigenvalue weighted by Gasteiger charge is -2.28. The first-order valence-electron chi connectivity index (χ1n) is 7.14. The van der Waals surface area contributed by atoms with Crippen LogP contribution in [0.2, 0.25) is 0 Å². The number of nitrogens with zero attached hydrogens (tertiary/aromatic N) is 2. The molecule has 0 radical (unpaired) electrons. The van der Waals surface area contributed by atoms with Crippen LogP contribution in [0, 0.1) is 5.92 Å². The second-order valence-corrected chi connectivity index (χ2v) is 5.30. The molecule has 3 heteroatoms. The molecule has 0 fully saturated rings. The van der Waals surface area contributed by atoms with E-state index in [1.165, 1.54) is 12.1 Å². The summed E-state index contributed by atoms with van der Waals surface area (Å²) in [4.78, 5) is 8.78. The molecule has 2 unspecified atom stereocenters. The van der Waals surface area contributed by atoms with Crippen LogP contribution >= 0.6 is 0 Å². The van der Waals surface area contributed by atoms with E-state index in [9.17, 15) is 0 Å². The van der Waals surface area contributed by atoms with Gasteiger partial charge in [-0.3, -0.25) is 0 Å². The Morgan fingerprint density at radius 3 is 2.44 bits per heavy atom. The highest BCUT2D eigenvalue weighted by Crippen LogP contribution is 2.26. The fourth-order valence-corrected chi connectivity index (χ4v) is 2.46.